The third-order valence-corrected chi connectivity index (χ3v) is 3.94. The maximum atomic E-state index is 6.32. The summed E-state index contributed by atoms with van der Waals surface area (Å²) in [5.41, 5.74) is 1.14. The summed E-state index contributed by atoms with van der Waals surface area (Å²) in [6, 6.07) is 9.96. The van der Waals surface area contributed by atoms with Crippen LogP contribution in [0.5, 0.6) is 5.88 Å². The summed E-state index contributed by atoms with van der Waals surface area (Å²) in [6.07, 6.45) is 3.89. The fourth-order valence-electron chi connectivity index (χ4n) is 2.66. The van der Waals surface area contributed by atoms with Crippen LogP contribution in [0.15, 0.2) is 36.5 Å². The number of rotatable bonds is 3. The summed E-state index contributed by atoms with van der Waals surface area (Å²) in [4.78, 5) is 11.0. The van der Waals surface area contributed by atoms with Gasteiger partial charge in [0.1, 0.15) is 0 Å². The van der Waals surface area contributed by atoms with E-state index in [2.05, 4.69) is 20.9 Å². The van der Waals surface area contributed by atoms with Crippen LogP contribution >= 0.6 is 11.6 Å². The molecule has 5 heteroatoms. The van der Waals surface area contributed by atoms with Crippen molar-refractivity contribution in [1.29, 1.82) is 0 Å². The predicted octanol–water partition coefficient (Wildman–Crippen LogP) is 3.48. The minimum absolute atomic E-state index is 0.232. The first-order valence-corrected chi connectivity index (χ1v) is 7.05. The first-order valence-electron chi connectivity index (χ1n) is 6.67. The normalized spacial score (nSPS) is 18.3. The zero-order valence-corrected chi connectivity index (χ0v) is 12.0. The SMILES string of the molecule is COc1ccnc(N2CCCC2c2ccccc2Cl)n1. The molecule has 1 aliphatic rings. The number of aromatic nitrogens is 2. The molecule has 20 heavy (non-hydrogen) atoms. The average molecular weight is 290 g/mol. The van der Waals surface area contributed by atoms with Crippen molar-refractivity contribution >= 4 is 17.5 Å². The predicted molar refractivity (Wildman–Crippen MR) is 79.4 cm³/mol. The van der Waals surface area contributed by atoms with E-state index in [-0.39, 0.29) is 6.04 Å². The zero-order valence-electron chi connectivity index (χ0n) is 11.3. The van der Waals surface area contributed by atoms with Crippen LogP contribution in [-0.2, 0) is 0 Å². The maximum absolute atomic E-state index is 6.32. The summed E-state index contributed by atoms with van der Waals surface area (Å²) in [5, 5.41) is 0.798. The highest BCUT2D eigenvalue weighted by molar-refractivity contribution is 6.31. The van der Waals surface area contributed by atoms with Crippen LogP contribution in [0.4, 0.5) is 5.95 Å². The largest absolute Gasteiger partial charge is 0.481 e. The molecule has 1 fully saturated rings. The third kappa shape index (κ3) is 2.43. The minimum Gasteiger partial charge on any atom is -0.481 e. The molecule has 0 radical (unpaired) electrons. The van der Waals surface area contributed by atoms with E-state index < -0.39 is 0 Å². The summed E-state index contributed by atoms with van der Waals surface area (Å²) in [6.45, 7) is 0.934. The van der Waals surface area contributed by atoms with Crippen LogP contribution < -0.4 is 9.64 Å². The number of hydrogen-bond acceptors (Lipinski definition) is 4. The molecule has 0 saturated carbocycles. The van der Waals surface area contributed by atoms with Crippen LogP contribution in [0.2, 0.25) is 5.02 Å². The van der Waals surface area contributed by atoms with Crippen molar-refractivity contribution in [3.05, 3.63) is 47.1 Å². The van der Waals surface area contributed by atoms with Gasteiger partial charge < -0.3 is 9.64 Å². The van der Waals surface area contributed by atoms with Gasteiger partial charge in [-0.15, -0.1) is 0 Å². The summed E-state index contributed by atoms with van der Waals surface area (Å²) in [5.74, 6) is 1.28. The molecule has 104 valence electrons. The van der Waals surface area contributed by atoms with Crippen molar-refractivity contribution in [2.24, 2.45) is 0 Å². The Labute approximate surface area is 123 Å². The summed E-state index contributed by atoms with van der Waals surface area (Å²) in [7, 11) is 1.61. The summed E-state index contributed by atoms with van der Waals surface area (Å²) >= 11 is 6.32. The van der Waals surface area contributed by atoms with Gasteiger partial charge in [0.25, 0.3) is 0 Å². The first-order chi connectivity index (χ1) is 9.79. The standard InChI is InChI=1S/C15H16ClN3O/c1-20-14-8-9-17-15(18-14)19-10-4-7-13(19)11-5-2-3-6-12(11)16/h2-3,5-6,8-9,13H,4,7,10H2,1H3. The lowest BCUT2D eigenvalue weighted by Gasteiger charge is -2.25. The van der Waals surface area contributed by atoms with Gasteiger partial charge in [-0.25, -0.2) is 4.98 Å². The number of benzene rings is 1. The second kappa shape index (κ2) is 5.67. The van der Waals surface area contributed by atoms with E-state index in [1.807, 2.05) is 18.2 Å². The highest BCUT2D eigenvalue weighted by Crippen LogP contribution is 2.37. The zero-order chi connectivity index (χ0) is 13.9. The maximum Gasteiger partial charge on any atom is 0.229 e. The van der Waals surface area contributed by atoms with E-state index in [1.165, 1.54) is 0 Å². The molecule has 4 nitrogen and oxygen atoms in total. The van der Waals surface area contributed by atoms with Crippen LogP contribution in [0.1, 0.15) is 24.4 Å². The Balaban J connectivity index is 1.94. The molecule has 0 amide bonds. The van der Waals surface area contributed by atoms with Crippen molar-refractivity contribution in [2.75, 3.05) is 18.6 Å². The van der Waals surface area contributed by atoms with Gasteiger partial charge in [-0.3, -0.25) is 0 Å². The van der Waals surface area contributed by atoms with Gasteiger partial charge >= 0.3 is 0 Å². The fraction of sp³-hybridized carbons (Fsp3) is 0.333. The fourth-order valence-corrected chi connectivity index (χ4v) is 2.92. The molecule has 0 spiro atoms. The molecule has 0 bridgehead atoms. The van der Waals surface area contributed by atoms with Crippen molar-refractivity contribution < 1.29 is 4.74 Å². The first kappa shape index (κ1) is 13.2. The van der Waals surface area contributed by atoms with Crippen molar-refractivity contribution in [1.82, 2.24) is 9.97 Å². The van der Waals surface area contributed by atoms with Gasteiger partial charge in [0.2, 0.25) is 11.8 Å². The van der Waals surface area contributed by atoms with Crippen LogP contribution in [-0.4, -0.2) is 23.6 Å². The van der Waals surface area contributed by atoms with Gasteiger partial charge in [-0.1, -0.05) is 29.8 Å². The van der Waals surface area contributed by atoms with Crippen molar-refractivity contribution in [3.63, 3.8) is 0 Å². The van der Waals surface area contributed by atoms with Gasteiger partial charge in [0.15, 0.2) is 0 Å². The lowest BCUT2D eigenvalue weighted by Crippen LogP contribution is -2.24. The van der Waals surface area contributed by atoms with E-state index in [4.69, 9.17) is 16.3 Å². The third-order valence-electron chi connectivity index (χ3n) is 3.60. The molecule has 1 unspecified atom stereocenters. The Hall–Kier alpha value is -1.81. The van der Waals surface area contributed by atoms with Crippen LogP contribution in [0, 0.1) is 0 Å². The van der Waals surface area contributed by atoms with Crippen molar-refractivity contribution in [2.45, 2.75) is 18.9 Å². The monoisotopic (exact) mass is 289 g/mol. The number of halogens is 1. The number of anilines is 1. The van der Waals surface area contributed by atoms with E-state index in [0.717, 1.165) is 30.0 Å². The highest BCUT2D eigenvalue weighted by Gasteiger charge is 2.29. The summed E-state index contributed by atoms with van der Waals surface area (Å²) < 4.78 is 5.18. The molecule has 1 atom stereocenters. The van der Waals surface area contributed by atoms with Gasteiger partial charge in [0.05, 0.1) is 13.2 Å². The Morgan fingerprint density at radius 2 is 2.15 bits per heavy atom. The number of methoxy groups -OCH3 is 1. The highest BCUT2D eigenvalue weighted by atomic mass is 35.5. The number of ether oxygens (including phenoxy) is 1. The minimum atomic E-state index is 0.232. The Bertz CT molecular complexity index is 605. The quantitative estimate of drug-likeness (QED) is 0.867. The second-order valence-electron chi connectivity index (χ2n) is 4.77. The number of hydrogen-bond donors (Lipinski definition) is 0. The topological polar surface area (TPSA) is 38.2 Å². The Morgan fingerprint density at radius 3 is 2.95 bits per heavy atom. The smallest absolute Gasteiger partial charge is 0.229 e. The molecule has 2 aromatic rings. The molecule has 3 rings (SSSR count). The van der Waals surface area contributed by atoms with Crippen LogP contribution in [0.25, 0.3) is 0 Å². The molecule has 2 heterocycles. The molecular weight excluding hydrogens is 274 g/mol. The van der Waals surface area contributed by atoms with E-state index in [1.54, 1.807) is 19.4 Å². The second-order valence-corrected chi connectivity index (χ2v) is 5.18. The molecular formula is C15H16ClN3O. The Kier molecular flexibility index (Phi) is 3.74. The van der Waals surface area contributed by atoms with Crippen molar-refractivity contribution in [3.8, 4) is 5.88 Å². The molecule has 0 aliphatic carbocycles. The Morgan fingerprint density at radius 1 is 1.30 bits per heavy atom. The van der Waals surface area contributed by atoms with E-state index in [0.29, 0.717) is 11.8 Å². The lowest BCUT2D eigenvalue weighted by molar-refractivity contribution is 0.396. The van der Waals surface area contributed by atoms with Crippen LogP contribution in [0.3, 0.4) is 0 Å². The molecule has 1 aromatic heterocycles. The van der Waals surface area contributed by atoms with Gasteiger partial charge in [0, 0.05) is 23.8 Å². The van der Waals surface area contributed by atoms with E-state index in [9.17, 15) is 0 Å². The molecule has 0 N–H and O–H groups in total. The van der Waals surface area contributed by atoms with E-state index >= 15 is 0 Å². The molecule has 1 aromatic carbocycles. The lowest BCUT2D eigenvalue weighted by atomic mass is 10.0. The molecule has 1 aliphatic heterocycles. The average Bonchev–Trinajstić information content (AvgIpc) is 2.97. The number of nitrogens with zero attached hydrogens (tertiary/aromatic N) is 3. The molecule has 1 saturated heterocycles. The van der Waals surface area contributed by atoms with Gasteiger partial charge in [-0.2, -0.15) is 4.98 Å². The van der Waals surface area contributed by atoms with Gasteiger partial charge in [-0.05, 0) is 24.5 Å².